The summed E-state index contributed by atoms with van der Waals surface area (Å²) in [5, 5.41) is 6.13. The summed E-state index contributed by atoms with van der Waals surface area (Å²) < 4.78 is 0. The molecule has 0 aliphatic carbocycles. The van der Waals surface area contributed by atoms with Gasteiger partial charge in [-0.3, -0.25) is 9.59 Å². The van der Waals surface area contributed by atoms with Gasteiger partial charge in [0.2, 0.25) is 5.56 Å². The van der Waals surface area contributed by atoms with Crippen molar-refractivity contribution in [3.05, 3.63) is 63.6 Å². The van der Waals surface area contributed by atoms with Crippen LogP contribution >= 0.6 is 12.4 Å². The highest BCUT2D eigenvalue weighted by molar-refractivity contribution is 6.05. The summed E-state index contributed by atoms with van der Waals surface area (Å²) in [5.74, 6) is -0.229. The van der Waals surface area contributed by atoms with Crippen molar-refractivity contribution in [2.24, 2.45) is 0 Å². The number of aryl methyl sites for hydroxylation is 1. The lowest BCUT2D eigenvalue weighted by molar-refractivity contribution is 0.102. The first kappa shape index (κ1) is 17.9. The van der Waals surface area contributed by atoms with E-state index in [1.165, 1.54) is 12.3 Å². The number of hydrogen-bond acceptors (Lipinski definition) is 3. The number of para-hydroxylation sites is 1. The molecule has 1 aromatic carbocycles. The Kier molecular flexibility index (Phi) is 6.82. The number of halogens is 1. The zero-order valence-corrected chi connectivity index (χ0v) is 13.4. The average molecular weight is 322 g/mol. The van der Waals surface area contributed by atoms with E-state index in [4.69, 9.17) is 0 Å². The fraction of sp³-hybridized carbons (Fsp3) is 0.250. The highest BCUT2D eigenvalue weighted by Gasteiger charge is 2.11. The predicted octanol–water partition coefficient (Wildman–Crippen LogP) is 2.47. The van der Waals surface area contributed by atoms with E-state index < -0.39 is 0 Å². The number of benzene rings is 1. The molecule has 0 fully saturated rings. The highest BCUT2D eigenvalue weighted by atomic mass is 35.5. The lowest BCUT2D eigenvalue weighted by Crippen LogP contribution is -2.19. The second kappa shape index (κ2) is 8.36. The Morgan fingerprint density at radius 1 is 1.27 bits per heavy atom. The number of carbonyl (C=O) groups is 1. The summed E-state index contributed by atoms with van der Waals surface area (Å²) >= 11 is 0. The lowest BCUT2D eigenvalue weighted by Gasteiger charge is -2.12. The number of nitrogens with one attached hydrogen (secondary N) is 3. The quantitative estimate of drug-likeness (QED) is 0.792. The minimum Gasteiger partial charge on any atom is -0.328 e. The van der Waals surface area contributed by atoms with Gasteiger partial charge in [0.15, 0.2) is 0 Å². The zero-order valence-electron chi connectivity index (χ0n) is 12.6. The van der Waals surface area contributed by atoms with E-state index in [9.17, 15) is 9.59 Å². The molecule has 0 saturated carbocycles. The molecule has 0 spiro atoms. The number of aromatic nitrogens is 1. The number of carbonyl (C=O) groups excluding carboxylic acids is 1. The minimum atomic E-state index is -0.229. The van der Waals surface area contributed by atoms with Crippen molar-refractivity contribution in [1.82, 2.24) is 10.3 Å². The molecule has 22 heavy (non-hydrogen) atoms. The Morgan fingerprint density at radius 3 is 2.68 bits per heavy atom. The summed E-state index contributed by atoms with van der Waals surface area (Å²) in [6.45, 7) is 5.33. The van der Waals surface area contributed by atoms with Crippen molar-refractivity contribution in [2.75, 3.05) is 11.9 Å². The second-order valence-electron chi connectivity index (χ2n) is 4.79. The Morgan fingerprint density at radius 2 is 2.00 bits per heavy atom. The molecule has 1 heterocycles. The van der Waals surface area contributed by atoms with E-state index in [0.717, 1.165) is 17.8 Å². The van der Waals surface area contributed by atoms with Crippen LogP contribution in [-0.2, 0) is 6.54 Å². The monoisotopic (exact) mass is 321 g/mol. The second-order valence-corrected chi connectivity index (χ2v) is 4.79. The summed E-state index contributed by atoms with van der Waals surface area (Å²) in [4.78, 5) is 26.0. The molecule has 0 aliphatic rings. The van der Waals surface area contributed by atoms with Gasteiger partial charge >= 0.3 is 0 Å². The first-order valence-corrected chi connectivity index (χ1v) is 6.91. The third-order valence-corrected chi connectivity index (χ3v) is 3.21. The topological polar surface area (TPSA) is 74.0 Å². The molecule has 0 radical (unpaired) electrons. The molecule has 2 aromatic rings. The minimum absolute atomic E-state index is 0. The summed E-state index contributed by atoms with van der Waals surface area (Å²) in [7, 11) is 0. The van der Waals surface area contributed by atoms with Crippen molar-refractivity contribution in [1.29, 1.82) is 0 Å². The Bertz CT molecular complexity index is 698. The molecular weight excluding hydrogens is 302 g/mol. The zero-order chi connectivity index (χ0) is 15.2. The Hall–Kier alpha value is -2.11. The van der Waals surface area contributed by atoms with Gasteiger partial charge in [-0.25, -0.2) is 0 Å². The van der Waals surface area contributed by atoms with Gasteiger partial charge in [-0.1, -0.05) is 25.1 Å². The number of hydrogen-bond donors (Lipinski definition) is 3. The van der Waals surface area contributed by atoms with Crippen LogP contribution in [0.15, 0.2) is 41.3 Å². The molecule has 0 bridgehead atoms. The molecule has 0 atom stereocenters. The van der Waals surface area contributed by atoms with Crippen LogP contribution in [0.5, 0.6) is 0 Å². The Labute approximate surface area is 135 Å². The molecule has 0 saturated heterocycles. The Balaban J connectivity index is 0.00000242. The van der Waals surface area contributed by atoms with Gasteiger partial charge in [0.1, 0.15) is 0 Å². The number of H-pyrrole nitrogens is 1. The fourth-order valence-electron chi connectivity index (χ4n) is 2.06. The van der Waals surface area contributed by atoms with Crippen molar-refractivity contribution < 1.29 is 4.79 Å². The van der Waals surface area contributed by atoms with Gasteiger partial charge < -0.3 is 15.6 Å². The van der Waals surface area contributed by atoms with Crippen LogP contribution in [0, 0.1) is 6.92 Å². The molecule has 1 aromatic heterocycles. The summed E-state index contributed by atoms with van der Waals surface area (Å²) in [5.41, 5.74) is 2.70. The highest BCUT2D eigenvalue weighted by Crippen LogP contribution is 2.16. The maximum absolute atomic E-state index is 12.3. The molecule has 6 heteroatoms. The van der Waals surface area contributed by atoms with E-state index in [2.05, 4.69) is 15.6 Å². The number of rotatable bonds is 5. The van der Waals surface area contributed by atoms with Crippen molar-refractivity contribution in [3.63, 3.8) is 0 Å². The largest absolute Gasteiger partial charge is 0.328 e. The van der Waals surface area contributed by atoms with Crippen LogP contribution < -0.4 is 16.2 Å². The van der Waals surface area contributed by atoms with Crippen LogP contribution in [0.4, 0.5) is 5.69 Å². The molecule has 0 unspecified atom stereocenters. The van der Waals surface area contributed by atoms with Gasteiger partial charge in [0.25, 0.3) is 5.91 Å². The van der Waals surface area contributed by atoms with Gasteiger partial charge in [-0.05, 0) is 30.7 Å². The first-order chi connectivity index (χ1) is 10.1. The number of pyridine rings is 1. The van der Waals surface area contributed by atoms with Gasteiger partial charge in [-0.15, -0.1) is 12.4 Å². The maximum atomic E-state index is 12.3. The SMILES string of the molecule is CCNCc1ccccc1NC(=O)c1c[nH]c(=O)cc1C.Cl. The van der Waals surface area contributed by atoms with Crippen molar-refractivity contribution >= 4 is 24.0 Å². The van der Waals surface area contributed by atoms with Crippen LogP contribution in [-0.4, -0.2) is 17.4 Å². The van der Waals surface area contributed by atoms with Crippen LogP contribution in [0.25, 0.3) is 0 Å². The lowest BCUT2D eigenvalue weighted by atomic mass is 10.1. The number of anilines is 1. The van der Waals surface area contributed by atoms with Crippen molar-refractivity contribution in [3.8, 4) is 0 Å². The van der Waals surface area contributed by atoms with Gasteiger partial charge in [-0.2, -0.15) is 0 Å². The first-order valence-electron chi connectivity index (χ1n) is 6.91. The smallest absolute Gasteiger partial charge is 0.257 e. The fourth-order valence-corrected chi connectivity index (χ4v) is 2.06. The van der Waals surface area contributed by atoms with Crippen LogP contribution in [0.1, 0.15) is 28.4 Å². The molecule has 2 rings (SSSR count). The van der Waals surface area contributed by atoms with Crippen molar-refractivity contribution in [2.45, 2.75) is 20.4 Å². The average Bonchev–Trinajstić information content (AvgIpc) is 2.46. The summed E-state index contributed by atoms with van der Waals surface area (Å²) in [6, 6.07) is 9.07. The third-order valence-electron chi connectivity index (χ3n) is 3.21. The number of amides is 1. The predicted molar refractivity (Wildman–Crippen MR) is 90.8 cm³/mol. The standard InChI is InChI=1S/C16H19N3O2.ClH/c1-3-17-9-12-6-4-5-7-14(12)19-16(21)13-10-18-15(20)8-11(13)2;/h4-8,10,17H,3,9H2,1-2H3,(H,18,20)(H,19,21);1H. The molecule has 3 N–H and O–H groups in total. The van der Waals surface area contributed by atoms with E-state index in [1.807, 2.05) is 31.2 Å². The molecule has 1 amide bonds. The van der Waals surface area contributed by atoms with E-state index >= 15 is 0 Å². The normalized spacial score (nSPS) is 9.91. The van der Waals surface area contributed by atoms with Crippen LogP contribution in [0.3, 0.4) is 0 Å². The van der Waals surface area contributed by atoms with Gasteiger partial charge in [0.05, 0.1) is 5.56 Å². The molecular formula is C16H20ClN3O2. The van der Waals surface area contributed by atoms with Crippen LogP contribution in [0.2, 0.25) is 0 Å². The summed E-state index contributed by atoms with van der Waals surface area (Å²) in [6.07, 6.45) is 1.44. The van der Waals surface area contributed by atoms with E-state index in [1.54, 1.807) is 6.92 Å². The van der Waals surface area contributed by atoms with E-state index in [0.29, 0.717) is 17.7 Å². The van der Waals surface area contributed by atoms with E-state index in [-0.39, 0.29) is 23.9 Å². The molecule has 0 aliphatic heterocycles. The van der Waals surface area contributed by atoms with Gasteiger partial charge in [0, 0.05) is 24.5 Å². The number of aromatic amines is 1. The molecule has 118 valence electrons. The molecule has 5 nitrogen and oxygen atoms in total. The maximum Gasteiger partial charge on any atom is 0.257 e. The third kappa shape index (κ3) is 4.44.